The van der Waals surface area contributed by atoms with Crippen molar-refractivity contribution in [1.29, 1.82) is 0 Å². The summed E-state index contributed by atoms with van der Waals surface area (Å²) in [6.07, 6.45) is 2.83. The van der Waals surface area contributed by atoms with Gasteiger partial charge in [-0.15, -0.1) is 0 Å². The second kappa shape index (κ2) is 5.80. The SMILES string of the molecule is Cn1ncc2c(=O)n(CC(=O)NCc3ccccc3)cnc21. The lowest BCUT2D eigenvalue weighted by atomic mass is 10.2. The molecule has 112 valence electrons. The molecule has 0 bridgehead atoms. The summed E-state index contributed by atoms with van der Waals surface area (Å²) in [6, 6.07) is 9.59. The number of fused-ring (bicyclic) bond motifs is 1. The second-order valence-corrected chi connectivity index (χ2v) is 4.95. The van der Waals surface area contributed by atoms with E-state index in [9.17, 15) is 9.59 Å². The summed E-state index contributed by atoms with van der Waals surface area (Å²) in [5.41, 5.74) is 1.24. The number of amides is 1. The van der Waals surface area contributed by atoms with Gasteiger partial charge in [0.1, 0.15) is 18.3 Å². The van der Waals surface area contributed by atoms with Crippen LogP contribution in [0.3, 0.4) is 0 Å². The quantitative estimate of drug-likeness (QED) is 0.758. The van der Waals surface area contributed by atoms with Gasteiger partial charge in [-0.3, -0.25) is 18.8 Å². The Kier molecular flexibility index (Phi) is 3.69. The van der Waals surface area contributed by atoms with Crippen molar-refractivity contribution in [2.24, 2.45) is 7.05 Å². The van der Waals surface area contributed by atoms with Crippen molar-refractivity contribution in [1.82, 2.24) is 24.6 Å². The molecule has 0 unspecified atom stereocenters. The monoisotopic (exact) mass is 297 g/mol. The first-order valence-electron chi connectivity index (χ1n) is 6.83. The molecule has 0 aliphatic rings. The van der Waals surface area contributed by atoms with Crippen molar-refractivity contribution < 1.29 is 4.79 Å². The van der Waals surface area contributed by atoms with Gasteiger partial charge in [-0.2, -0.15) is 5.10 Å². The molecular weight excluding hydrogens is 282 g/mol. The molecule has 1 amide bonds. The van der Waals surface area contributed by atoms with Gasteiger partial charge in [0.05, 0.1) is 6.20 Å². The molecule has 0 saturated carbocycles. The van der Waals surface area contributed by atoms with E-state index in [0.29, 0.717) is 17.6 Å². The number of rotatable bonds is 4. The van der Waals surface area contributed by atoms with Crippen LogP contribution in [0, 0.1) is 0 Å². The van der Waals surface area contributed by atoms with Crippen molar-refractivity contribution in [3.63, 3.8) is 0 Å². The summed E-state index contributed by atoms with van der Waals surface area (Å²) in [5, 5.41) is 7.18. The Balaban J connectivity index is 1.71. The highest BCUT2D eigenvalue weighted by Gasteiger charge is 2.10. The summed E-state index contributed by atoms with van der Waals surface area (Å²) in [5.74, 6) is -0.240. The minimum Gasteiger partial charge on any atom is -0.350 e. The highest BCUT2D eigenvalue weighted by Crippen LogP contribution is 2.03. The van der Waals surface area contributed by atoms with Gasteiger partial charge in [-0.05, 0) is 5.56 Å². The number of carbonyl (C=O) groups is 1. The Bertz CT molecular complexity index is 867. The topological polar surface area (TPSA) is 81.8 Å². The van der Waals surface area contributed by atoms with Crippen LogP contribution in [0.1, 0.15) is 5.56 Å². The predicted octanol–water partition coefficient (Wildman–Crippen LogP) is 0.446. The van der Waals surface area contributed by atoms with Gasteiger partial charge in [0.25, 0.3) is 5.56 Å². The van der Waals surface area contributed by atoms with Crippen molar-refractivity contribution in [2.75, 3.05) is 0 Å². The Hall–Kier alpha value is -2.96. The maximum atomic E-state index is 12.2. The van der Waals surface area contributed by atoms with Gasteiger partial charge >= 0.3 is 0 Å². The number of nitrogens with zero attached hydrogens (tertiary/aromatic N) is 4. The molecule has 0 saturated heterocycles. The van der Waals surface area contributed by atoms with Gasteiger partial charge in [0.2, 0.25) is 5.91 Å². The van der Waals surface area contributed by atoms with Gasteiger partial charge in [-0.25, -0.2) is 4.98 Å². The van der Waals surface area contributed by atoms with E-state index in [0.717, 1.165) is 5.56 Å². The molecule has 2 aromatic heterocycles. The zero-order valence-electron chi connectivity index (χ0n) is 12.1. The Morgan fingerprint density at radius 2 is 2.05 bits per heavy atom. The first-order valence-corrected chi connectivity index (χ1v) is 6.83. The summed E-state index contributed by atoms with van der Waals surface area (Å²) in [6.45, 7) is 0.362. The Labute approximate surface area is 126 Å². The third kappa shape index (κ3) is 2.73. The molecule has 3 rings (SSSR count). The fourth-order valence-corrected chi connectivity index (χ4v) is 2.19. The van der Waals surface area contributed by atoms with Crippen LogP contribution in [0.5, 0.6) is 0 Å². The smallest absolute Gasteiger partial charge is 0.264 e. The standard InChI is InChI=1S/C15H15N5O2/c1-19-14-12(8-18-19)15(22)20(10-17-14)9-13(21)16-7-11-5-3-2-4-6-11/h2-6,8,10H,7,9H2,1H3,(H,16,21). The predicted molar refractivity (Wildman–Crippen MR) is 81.1 cm³/mol. The number of carbonyl (C=O) groups excluding carboxylic acids is 1. The number of aryl methyl sites for hydroxylation is 1. The number of aromatic nitrogens is 4. The van der Waals surface area contributed by atoms with Crippen LogP contribution in [-0.4, -0.2) is 25.2 Å². The summed E-state index contributed by atoms with van der Waals surface area (Å²) in [4.78, 5) is 28.4. The third-order valence-electron chi connectivity index (χ3n) is 3.36. The fraction of sp³-hybridized carbons (Fsp3) is 0.200. The third-order valence-corrected chi connectivity index (χ3v) is 3.36. The fourth-order valence-electron chi connectivity index (χ4n) is 2.19. The van der Waals surface area contributed by atoms with Crippen LogP contribution in [0.25, 0.3) is 11.0 Å². The van der Waals surface area contributed by atoms with Gasteiger partial charge in [0.15, 0.2) is 5.65 Å². The average molecular weight is 297 g/mol. The number of nitrogens with one attached hydrogen (secondary N) is 1. The summed E-state index contributed by atoms with van der Waals surface area (Å²) < 4.78 is 2.81. The zero-order valence-corrected chi connectivity index (χ0v) is 12.1. The van der Waals surface area contributed by atoms with E-state index in [4.69, 9.17) is 0 Å². The molecular formula is C15H15N5O2. The van der Waals surface area contributed by atoms with Crippen molar-refractivity contribution in [3.8, 4) is 0 Å². The lowest BCUT2D eigenvalue weighted by molar-refractivity contribution is -0.121. The molecule has 3 aromatic rings. The van der Waals surface area contributed by atoms with Crippen molar-refractivity contribution in [2.45, 2.75) is 13.1 Å². The molecule has 1 N–H and O–H groups in total. The van der Waals surface area contributed by atoms with Crippen LogP contribution in [0.2, 0.25) is 0 Å². The van der Waals surface area contributed by atoms with Crippen molar-refractivity contribution in [3.05, 3.63) is 58.8 Å². The summed E-state index contributed by atoms with van der Waals surface area (Å²) in [7, 11) is 1.71. The van der Waals surface area contributed by atoms with E-state index in [1.165, 1.54) is 21.8 Å². The molecule has 0 aliphatic carbocycles. The largest absolute Gasteiger partial charge is 0.350 e. The van der Waals surface area contributed by atoms with Gasteiger partial charge in [0, 0.05) is 13.6 Å². The van der Waals surface area contributed by atoms with Crippen molar-refractivity contribution >= 4 is 16.9 Å². The number of hydrogen-bond acceptors (Lipinski definition) is 4. The van der Waals surface area contributed by atoms with E-state index in [-0.39, 0.29) is 18.0 Å². The lowest BCUT2D eigenvalue weighted by Gasteiger charge is -2.07. The number of benzene rings is 1. The van der Waals surface area contributed by atoms with Crippen LogP contribution in [0.15, 0.2) is 47.7 Å². The van der Waals surface area contributed by atoms with Gasteiger partial charge < -0.3 is 5.32 Å². The molecule has 1 aromatic carbocycles. The first kappa shape index (κ1) is 14.0. The highest BCUT2D eigenvalue weighted by molar-refractivity contribution is 5.77. The Morgan fingerprint density at radius 1 is 1.27 bits per heavy atom. The summed E-state index contributed by atoms with van der Waals surface area (Å²) >= 11 is 0. The lowest BCUT2D eigenvalue weighted by Crippen LogP contribution is -2.32. The van der Waals surface area contributed by atoms with Crippen LogP contribution >= 0.6 is 0 Å². The Morgan fingerprint density at radius 3 is 2.82 bits per heavy atom. The maximum Gasteiger partial charge on any atom is 0.264 e. The first-order chi connectivity index (χ1) is 10.6. The second-order valence-electron chi connectivity index (χ2n) is 4.95. The van der Waals surface area contributed by atoms with Crippen LogP contribution in [-0.2, 0) is 24.9 Å². The van der Waals surface area contributed by atoms with Crippen LogP contribution < -0.4 is 10.9 Å². The highest BCUT2D eigenvalue weighted by atomic mass is 16.2. The molecule has 0 spiro atoms. The van der Waals surface area contributed by atoms with Crippen LogP contribution in [0.4, 0.5) is 0 Å². The van der Waals surface area contributed by atoms with E-state index < -0.39 is 0 Å². The number of hydrogen-bond donors (Lipinski definition) is 1. The molecule has 7 heteroatoms. The van der Waals surface area contributed by atoms with E-state index in [1.54, 1.807) is 7.05 Å². The average Bonchev–Trinajstić information content (AvgIpc) is 2.91. The van der Waals surface area contributed by atoms with E-state index in [2.05, 4.69) is 15.4 Å². The molecule has 0 aliphatic heterocycles. The maximum absolute atomic E-state index is 12.2. The van der Waals surface area contributed by atoms with E-state index >= 15 is 0 Å². The van der Waals surface area contributed by atoms with E-state index in [1.807, 2.05) is 30.3 Å². The molecule has 2 heterocycles. The normalized spacial score (nSPS) is 10.8. The minimum atomic E-state index is -0.270. The van der Waals surface area contributed by atoms with Gasteiger partial charge in [-0.1, -0.05) is 30.3 Å². The molecule has 0 atom stereocenters. The molecule has 0 fully saturated rings. The molecule has 7 nitrogen and oxygen atoms in total. The zero-order chi connectivity index (χ0) is 15.5. The minimum absolute atomic E-state index is 0.0660. The molecule has 0 radical (unpaired) electrons. The molecule has 22 heavy (non-hydrogen) atoms.